The van der Waals surface area contributed by atoms with Gasteiger partial charge in [0.25, 0.3) is 0 Å². The molecule has 0 bridgehead atoms. The number of rotatable bonds is 4. The molecule has 1 aliphatic carbocycles. The molecular formula is C15H12F2N2O2. The zero-order valence-corrected chi connectivity index (χ0v) is 11.0. The van der Waals surface area contributed by atoms with Crippen LogP contribution >= 0.6 is 0 Å². The normalized spacial score (nSPS) is 18.8. The maximum absolute atomic E-state index is 13.7. The summed E-state index contributed by atoms with van der Waals surface area (Å²) in [5.74, 6) is -2.05. The lowest BCUT2D eigenvalue weighted by Crippen LogP contribution is -2.10. The van der Waals surface area contributed by atoms with Crippen LogP contribution in [0.1, 0.15) is 12.2 Å². The number of allylic oxidation sites excluding steroid dienone is 3. The van der Waals surface area contributed by atoms with Crippen molar-refractivity contribution in [2.75, 3.05) is 0 Å². The van der Waals surface area contributed by atoms with Crippen LogP contribution in [0.2, 0.25) is 0 Å². The minimum Gasteiger partial charge on any atom is -0.483 e. The number of nitrogens with zero attached hydrogens (tertiary/aromatic N) is 1. The Balaban J connectivity index is 1.74. The van der Waals surface area contributed by atoms with Crippen molar-refractivity contribution in [3.8, 4) is 0 Å². The molecule has 1 unspecified atom stereocenters. The van der Waals surface area contributed by atoms with E-state index in [0.717, 1.165) is 17.1 Å². The van der Waals surface area contributed by atoms with Gasteiger partial charge in [0.15, 0.2) is 5.76 Å². The average molecular weight is 290 g/mol. The van der Waals surface area contributed by atoms with Crippen LogP contribution < -0.4 is 0 Å². The summed E-state index contributed by atoms with van der Waals surface area (Å²) in [7, 11) is 0. The number of H-pyrrole nitrogens is 1. The van der Waals surface area contributed by atoms with Gasteiger partial charge in [-0.3, -0.25) is 0 Å². The molecule has 3 rings (SSSR count). The molecule has 0 fully saturated rings. The molecule has 1 atom stereocenters. The molecule has 1 N–H and O–H groups in total. The Kier molecular flexibility index (Phi) is 3.51. The number of hydrogen-bond donors (Lipinski definition) is 1. The topological polar surface area (TPSA) is 55.0 Å². The zero-order chi connectivity index (χ0) is 14.8. The first kappa shape index (κ1) is 13.5. The monoisotopic (exact) mass is 290 g/mol. The van der Waals surface area contributed by atoms with E-state index in [1.54, 1.807) is 0 Å². The number of ether oxygens (including phenoxy) is 1. The molecule has 0 amide bonds. The summed E-state index contributed by atoms with van der Waals surface area (Å²) < 4.78 is 32.5. The molecule has 21 heavy (non-hydrogen) atoms. The zero-order valence-electron chi connectivity index (χ0n) is 11.0. The highest BCUT2D eigenvalue weighted by atomic mass is 19.1. The quantitative estimate of drug-likeness (QED) is 0.879. The molecule has 1 aromatic heterocycles. The molecule has 0 radical (unpaired) electrons. The van der Waals surface area contributed by atoms with E-state index in [2.05, 4.69) is 9.97 Å². The van der Waals surface area contributed by atoms with Gasteiger partial charge in [0, 0.05) is 12.5 Å². The lowest BCUT2D eigenvalue weighted by Gasteiger charge is -2.15. The van der Waals surface area contributed by atoms with E-state index in [-0.39, 0.29) is 18.8 Å². The first-order valence-electron chi connectivity index (χ1n) is 6.45. The van der Waals surface area contributed by atoms with E-state index >= 15 is 0 Å². The minimum atomic E-state index is -1.05. The first-order valence-corrected chi connectivity index (χ1v) is 6.45. The number of para-hydroxylation sites is 2. The summed E-state index contributed by atoms with van der Waals surface area (Å²) in [6, 6.07) is 7.42. The average Bonchev–Trinajstić information content (AvgIpc) is 2.90. The molecule has 1 aromatic carbocycles. The maximum Gasteiger partial charge on any atom is 0.154 e. The van der Waals surface area contributed by atoms with E-state index in [1.165, 1.54) is 0 Å². The van der Waals surface area contributed by atoms with E-state index in [1.807, 2.05) is 24.3 Å². The van der Waals surface area contributed by atoms with Crippen LogP contribution in [0, 0.1) is 5.92 Å². The predicted molar refractivity (Wildman–Crippen MR) is 72.4 cm³/mol. The molecule has 2 aromatic rings. The summed E-state index contributed by atoms with van der Waals surface area (Å²) >= 11 is 0. The second kappa shape index (κ2) is 5.47. The molecule has 0 spiro atoms. The third kappa shape index (κ3) is 2.69. The Morgan fingerprint density at radius 1 is 1.38 bits per heavy atom. The van der Waals surface area contributed by atoms with Gasteiger partial charge >= 0.3 is 0 Å². The summed E-state index contributed by atoms with van der Waals surface area (Å²) in [6.07, 6.45) is 1.00. The maximum atomic E-state index is 13.7. The highest BCUT2D eigenvalue weighted by molar-refractivity contribution is 5.74. The fraction of sp³-hybridized carbons (Fsp3) is 0.200. The first-order chi connectivity index (χ1) is 10.2. The van der Waals surface area contributed by atoms with Gasteiger partial charge < -0.3 is 14.5 Å². The number of hydrogen-bond acceptors (Lipinski definition) is 3. The van der Waals surface area contributed by atoms with Gasteiger partial charge in [0.05, 0.1) is 17.0 Å². The largest absolute Gasteiger partial charge is 0.483 e. The van der Waals surface area contributed by atoms with Crippen LogP contribution in [0.5, 0.6) is 0 Å². The minimum absolute atomic E-state index is 0.00697. The third-order valence-electron chi connectivity index (χ3n) is 3.26. The Morgan fingerprint density at radius 2 is 2.19 bits per heavy atom. The van der Waals surface area contributed by atoms with Crippen molar-refractivity contribution in [2.45, 2.75) is 13.0 Å². The van der Waals surface area contributed by atoms with E-state index in [0.29, 0.717) is 12.1 Å². The van der Waals surface area contributed by atoms with Crippen LogP contribution in [-0.4, -0.2) is 16.3 Å². The molecule has 4 nitrogen and oxygen atoms in total. The molecule has 0 saturated carbocycles. The van der Waals surface area contributed by atoms with Gasteiger partial charge in [0.1, 0.15) is 30.4 Å². The van der Waals surface area contributed by atoms with Crippen LogP contribution in [0.15, 0.2) is 47.8 Å². The van der Waals surface area contributed by atoms with Crippen molar-refractivity contribution >= 4 is 17.3 Å². The number of halogens is 2. The van der Waals surface area contributed by atoms with Crippen LogP contribution in [-0.2, 0) is 16.1 Å². The molecule has 108 valence electrons. The number of imidazole rings is 1. The van der Waals surface area contributed by atoms with Crippen molar-refractivity contribution in [3.63, 3.8) is 0 Å². The van der Waals surface area contributed by atoms with Crippen molar-refractivity contribution < 1.29 is 18.3 Å². The van der Waals surface area contributed by atoms with Gasteiger partial charge in [-0.25, -0.2) is 13.8 Å². The summed E-state index contributed by atoms with van der Waals surface area (Å²) in [4.78, 5) is 17.9. The number of nitrogens with one attached hydrogen (secondary N) is 1. The molecule has 0 saturated heterocycles. The second-order valence-electron chi connectivity index (χ2n) is 4.73. The summed E-state index contributed by atoms with van der Waals surface area (Å²) in [6.45, 7) is -0.00697. The SMILES string of the molecule is O=CC1CC(F)=C(OCc2nc3ccccc3[nH]2)C=C1F. The number of benzene rings is 1. The molecular weight excluding hydrogens is 278 g/mol. The number of aromatic amines is 1. The van der Waals surface area contributed by atoms with Crippen LogP contribution in [0.25, 0.3) is 11.0 Å². The lowest BCUT2D eigenvalue weighted by atomic mass is 9.99. The van der Waals surface area contributed by atoms with Gasteiger partial charge in [-0.1, -0.05) is 12.1 Å². The van der Waals surface area contributed by atoms with Crippen molar-refractivity contribution in [1.82, 2.24) is 9.97 Å². The summed E-state index contributed by atoms with van der Waals surface area (Å²) in [5.41, 5.74) is 1.62. The number of carbonyl (C=O) groups is 1. The molecule has 1 aliphatic rings. The Labute approximate surface area is 119 Å². The molecule has 0 aliphatic heterocycles. The van der Waals surface area contributed by atoms with Gasteiger partial charge in [0.2, 0.25) is 0 Å². The Hall–Kier alpha value is -2.50. The fourth-order valence-corrected chi connectivity index (χ4v) is 2.15. The fourth-order valence-electron chi connectivity index (χ4n) is 2.15. The number of aldehydes is 1. The van der Waals surface area contributed by atoms with Crippen LogP contribution in [0.4, 0.5) is 8.78 Å². The van der Waals surface area contributed by atoms with Crippen LogP contribution in [0.3, 0.4) is 0 Å². The van der Waals surface area contributed by atoms with Crippen molar-refractivity contribution in [1.29, 1.82) is 0 Å². The number of fused-ring (bicyclic) bond motifs is 1. The van der Waals surface area contributed by atoms with Crippen molar-refractivity contribution in [3.05, 3.63) is 53.6 Å². The Bertz CT molecular complexity index is 716. The van der Waals surface area contributed by atoms with Gasteiger partial charge in [-0.15, -0.1) is 0 Å². The number of aromatic nitrogens is 2. The molecule has 6 heteroatoms. The highest BCUT2D eigenvalue weighted by Crippen LogP contribution is 2.30. The van der Waals surface area contributed by atoms with Crippen molar-refractivity contribution in [2.24, 2.45) is 5.92 Å². The van der Waals surface area contributed by atoms with E-state index in [4.69, 9.17) is 4.74 Å². The second-order valence-corrected chi connectivity index (χ2v) is 4.73. The standard InChI is InChI=1S/C15H12F2N2O2/c16-10-6-14(11(17)5-9(10)7-20)21-8-15-18-12-3-1-2-4-13(12)19-15/h1-4,6-7,9H,5,8H2,(H,18,19). The van der Waals surface area contributed by atoms with Gasteiger partial charge in [-0.2, -0.15) is 0 Å². The highest BCUT2D eigenvalue weighted by Gasteiger charge is 2.24. The van der Waals surface area contributed by atoms with E-state index < -0.39 is 17.6 Å². The van der Waals surface area contributed by atoms with E-state index in [9.17, 15) is 13.6 Å². The lowest BCUT2D eigenvalue weighted by molar-refractivity contribution is -0.110. The van der Waals surface area contributed by atoms with Gasteiger partial charge in [-0.05, 0) is 12.1 Å². The Morgan fingerprint density at radius 3 is 2.95 bits per heavy atom. The molecule has 1 heterocycles. The number of carbonyl (C=O) groups excluding carboxylic acids is 1. The third-order valence-corrected chi connectivity index (χ3v) is 3.26. The smallest absolute Gasteiger partial charge is 0.154 e. The predicted octanol–water partition coefficient (Wildman–Crippen LogP) is 3.33. The summed E-state index contributed by atoms with van der Waals surface area (Å²) in [5, 5.41) is 0.